The molecule has 0 heterocycles. The first-order valence-electron chi connectivity index (χ1n) is 4.00. The lowest BCUT2D eigenvalue weighted by atomic mass is 10.2. The quantitative estimate of drug-likeness (QED) is 0.377. The molecular weight excluding hydrogens is 196 g/mol. The number of esters is 1. The van der Waals surface area contributed by atoms with E-state index >= 15 is 0 Å². The SMILES string of the molecule is CCC(CC(Cl)OC=O)OC(C)=O. The van der Waals surface area contributed by atoms with Crippen LogP contribution in [0, 0.1) is 0 Å². The Morgan fingerprint density at radius 2 is 2.23 bits per heavy atom. The molecule has 0 spiro atoms. The lowest BCUT2D eigenvalue weighted by molar-refractivity contribution is -0.148. The highest BCUT2D eigenvalue weighted by molar-refractivity contribution is 6.20. The summed E-state index contributed by atoms with van der Waals surface area (Å²) in [5.74, 6) is -0.359. The molecule has 0 saturated heterocycles. The number of alkyl halides is 1. The Bertz CT molecular complexity index is 172. The normalized spacial score (nSPS) is 14.4. The third-order valence-electron chi connectivity index (χ3n) is 1.44. The molecule has 0 amide bonds. The number of carbonyl (C=O) groups is 2. The van der Waals surface area contributed by atoms with Crippen LogP contribution in [0.15, 0.2) is 0 Å². The van der Waals surface area contributed by atoms with E-state index in [0.717, 1.165) is 0 Å². The van der Waals surface area contributed by atoms with Gasteiger partial charge in [0.25, 0.3) is 6.47 Å². The van der Waals surface area contributed by atoms with E-state index in [9.17, 15) is 9.59 Å². The van der Waals surface area contributed by atoms with Crippen molar-refractivity contribution in [3.8, 4) is 0 Å². The largest absolute Gasteiger partial charge is 0.462 e. The van der Waals surface area contributed by atoms with Gasteiger partial charge in [0.05, 0.1) is 0 Å². The zero-order valence-electron chi connectivity index (χ0n) is 7.66. The Morgan fingerprint density at radius 1 is 1.62 bits per heavy atom. The van der Waals surface area contributed by atoms with Gasteiger partial charge >= 0.3 is 5.97 Å². The van der Waals surface area contributed by atoms with E-state index in [2.05, 4.69) is 4.74 Å². The predicted octanol–water partition coefficient (Wildman–Crippen LogP) is 1.46. The molecule has 0 fully saturated rings. The summed E-state index contributed by atoms with van der Waals surface area (Å²) in [6.07, 6.45) is 0.668. The van der Waals surface area contributed by atoms with Crippen LogP contribution < -0.4 is 0 Å². The van der Waals surface area contributed by atoms with E-state index in [1.807, 2.05) is 6.92 Å². The van der Waals surface area contributed by atoms with E-state index < -0.39 is 5.56 Å². The van der Waals surface area contributed by atoms with Gasteiger partial charge in [-0.15, -0.1) is 0 Å². The van der Waals surface area contributed by atoms with Crippen LogP contribution in [0.4, 0.5) is 0 Å². The van der Waals surface area contributed by atoms with Crippen LogP contribution in [0.25, 0.3) is 0 Å². The fraction of sp³-hybridized carbons (Fsp3) is 0.750. The predicted molar refractivity (Wildman–Crippen MR) is 47.3 cm³/mol. The monoisotopic (exact) mass is 208 g/mol. The molecule has 0 aromatic carbocycles. The van der Waals surface area contributed by atoms with Gasteiger partial charge in [-0.25, -0.2) is 0 Å². The molecular formula is C8H13ClO4. The fourth-order valence-corrected chi connectivity index (χ4v) is 1.10. The second-order valence-electron chi connectivity index (χ2n) is 2.52. The van der Waals surface area contributed by atoms with Crippen LogP contribution in [-0.4, -0.2) is 24.1 Å². The average Bonchev–Trinajstić information content (AvgIpc) is 2.02. The van der Waals surface area contributed by atoms with Crippen LogP contribution in [-0.2, 0) is 19.1 Å². The summed E-state index contributed by atoms with van der Waals surface area (Å²) in [5, 5.41) is 0. The third-order valence-corrected chi connectivity index (χ3v) is 1.72. The molecule has 5 heteroatoms. The van der Waals surface area contributed by atoms with E-state index in [1.54, 1.807) is 0 Å². The standard InChI is InChI=1S/C8H13ClO4/c1-3-7(13-6(2)11)4-8(9)12-5-10/h5,7-8H,3-4H2,1-2H3. The average molecular weight is 209 g/mol. The van der Waals surface area contributed by atoms with E-state index in [1.165, 1.54) is 6.92 Å². The summed E-state index contributed by atoms with van der Waals surface area (Å²) in [4.78, 5) is 20.5. The smallest absolute Gasteiger partial charge is 0.302 e. The van der Waals surface area contributed by atoms with Gasteiger partial charge in [0.1, 0.15) is 6.10 Å². The lowest BCUT2D eigenvalue weighted by Gasteiger charge is -2.16. The molecule has 0 aliphatic heterocycles. The van der Waals surface area contributed by atoms with Gasteiger partial charge in [-0.1, -0.05) is 18.5 Å². The molecule has 2 unspecified atom stereocenters. The minimum absolute atomic E-state index is 0.276. The van der Waals surface area contributed by atoms with Crippen molar-refractivity contribution in [2.24, 2.45) is 0 Å². The Morgan fingerprint density at radius 3 is 2.62 bits per heavy atom. The summed E-state index contributed by atoms with van der Waals surface area (Å²) in [5.41, 5.74) is -0.734. The Labute approximate surface area is 82.1 Å². The number of halogens is 1. The van der Waals surface area contributed by atoms with E-state index in [0.29, 0.717) is 12.8 Å². The van der Waals surface area contributed by atoms with Crippen LogP contribution in [0.3, 0.4) is 0 Å². The van der Waals surface area contributed by atoms with Gasteiger partial charge in [0.15, 0.2) is 5.56 Å². The maximum Gasteiger partial charge on any atom is 0.302 e. The molecule has 13 heavy (non-hydrogen) atoms. The molecule has 2 atom stereocenters. The minimum atomic E-state index is -0.734. The van der Waals surface area contributed by atoms with Gasteiger partial charge in [0, 0.05) is 13.3 Å². The molecule has 4 nitrogen and oxygen atoms in total. The second kappa shape index (κ2) is 6.71. The number of ether oxygens (including phenoxy) is 2. The minimum Gasteiger partial charge on any atom is -0.462 e. The Balaban J connectivity index is 3.81. The lowest BCUT2D eigenvalue weighted by Crippen LogP contribution is -2.20. The number of rotatable bonds is 6. The summed E-state index contributed by atoms with van der Waals surface area (Å²) in [7, 11) is 0. The number of carbonyl (C=O) groups excluding carboxylic acids is 2. The molecule has 0 aromatic rings. The van der Waals surface area contributed by atoms with Gasteiger partial charge in [-0.2, -0.15) is 0 Å². The summed E-state index contributed by atoms with van der Waals surface area (Å²) >= 11 is 5.59. The molecule has 0 aromatic heterocycles. The van der Waals surface area contributed by atoms with Crippen molar-refractivity contribution in [2.75, 3.05) is 0 Å². The van der Waals surface area contributed by atoms with Crippen molar-refractivity contribution in [1.82, 2.24) is 0 Å². The van der Waals surface area contributed by atoms with Crippen LogP contribution in [0.1, 0.15) is 26.7 Å². The second-order valence-corrected chi connectivity index (χ2v) is 3.00. The molecule has 0 saturated carbocycles. The summed E-state index contributed by atoms with van der Waals surface area (Å²) in [6, 6.07) is 0. The van der Waals surface area contributed by atoms with Crippen molar-refractivity contribution in [3.05, 3.63) is 0 Å². The third kappa shape index (κ3) is 6.40. The van der Waals surface area contributed by atoms with Gasteiger partial charge < -0.3 is 9.47 Å². The molecule has 76 valence electrons. The van der Waals surface area contributed by atoms with Gasteiger partial charge in [-0.05, 0) is 6.42 Å². The molecule has 0 rings (SSSR count). The Kier molecular flexibility index (Phi) is 6.32. The molecule has 0 bridgehead atoms. The molecule has 0 aliphatic carbocycles. The van der Waals surface area contributed by atoms with Crippen LogP contribution in [0.2, 0.25) is 0 Å². The van der Waals surface area contributed by atoms with Crippen molar-refractivity contribution in [1.29, 1.82) is 0 Å². The van der Waals surface area contributed by atoms with E-state index in [-0.39, 0.29) is 18.5 Å². The van der Waals surface area contributed by atoms with Crippen molar-refractivity contribution in [3.63, 3.8) is 0 Å². The topological polar surface area (TPSA) is 52.6 Å². The van der Waals surface area contributed by atoms with Crippen molar-refractivity contribution in [2.45, 2.75) is 38.4 Å². The first-order valence-corrected chi connectivity index (χ1v) is 4.44. The zero-order valence-corrected chi connectivity index (χ0v) is 8.41. The highest BCUT2D eigenvalue weighted by Gasteiger charge is 2.15. The Hall–Kier alpha value is -0.770. The summed E-state index contributed by atoms with van der Waals surface area (Å²) < 4.78 is 9.35. The number of hydrogen-bond donors (Lipinski definition) is 0. The maximum atomic E-state index is 10.6. The van der Waals surface area contributed by atoms with E-state index in [4.69, 9.17) is 16.3 Å². The highest BCUT2D eigenvalue weighted by atomic mass is 35.5. The molecule has 0 N–H and O–H groups in total. The summed E-state index contributed by atoms with van der Waals surface area (Å²) in [6.45, 7) is 3.46. The highest BCUT2D eigenvalue weighted by Crippen LogP contribution is 2.12. The van der Waals surface area contributed by atoms with Gasteiger partial charge in [-0.3, -0.25) is 9.59 Å². The zero-order chi connectivity index (χ0) is 10.3. The molecule has 0 aliphatic rings. The first kappa shape index (κ1) is 12.2. The fourth-order valence-electron chi connectivity index (χ4n) is 0.855. The van der Waals surface area contributed by atoms with Crippen LogP contribution >= 0.6 is 11.6 Å². The van der Waals surface area contributed by atoms with Gasteiger partial charge in [0.2, 0.25) is 0 Å². The maximum absolute atomic E-state index is 10.6. The van der Waals surface area contributed by atoms with Crippen LogP contribution in [0.5, 0.6) is 0 Å². The molecule has 0 radical (unpaired) electrons. The van der Waals surface area contributed by atoms with Crippen molar-refractivity contribution < 1.29 is 19.1 Å². The first-order chi connectivity index (χ1) is 6.10. The van der Waals surface area contributed by atoms with Crippen molar-refractivity contribution >= 4 is 24.0 Å². The number of hydrogen-bond acceptors (Lipinski definition) is 4.